The molecule has 2 aliphatic rings. The van der Waals surface area contributed by atoms with E-state index >= 15 is 0 Å². The summed E-state index contributed by atoms with van der Waals surface area (Å²) in [6.07, 6.45) is 7.05. The van der Waals surface area contributed by atoms with Gasteiger partial charge in [0.15, 0.2) is 0 Å². The van der Waals surface area contributed by atoms with Crippen molar-refractivity contribution >= 4 is 11.3 Å². The molecule has 1 aromatic heterocycles. The van der Waals surface area contributed by atoms with Gasteiger partial charge in [0.05, 0.1) is 0 Å². The molecule has 3 rings (SSSR count). The van der Waals surface area contributed by atoms with Crippen molar-refractivity contribution in [1.29, 1.82) is 0 Å². The minimum Gasteiger partial charge on any atom is -0.314 e. The van der Waals surface area contributed by atoms with Gasteiger partial charge in [-0.2, -0.15) is 0 Å². The lowest BCUT2D eigenvalue weighted by atomic mass is 9.79. The van der Waals surface area contributed by atoms with Crippen LogP contribution in [-0.4, -0.2) is 30.1 Å². The normalized spacial score (nSPS) is 23.9. The molecule has 3 heteroatoms. The van der Waals surface area contributed by atoms with Crippen LogP contribution in [0.3, 0.4) is 0 Å². The fourth-order valence-corrected chi connectivity index (χ4v) is 4.82. The molecule has 19 heavy (non-hydrogen) atoms. The predicted octanol–water partition coefficient (Wildman–Crippen LogP) is 3.47. The standard InChI is InChI=1S/C16H26N2S/c1-13-10-15(14(2)19-13)11-18-9-8-17-12-16(18)6-4-3-5-7-16/h10,17H,3-9,11-12H2,1-2H3. The molecule has 0 aromatic carbocycles. The number of nitrogens with one attached hydrogen (secondary N) is 1. The second-order valence-corrected chi connectivity index (χ2v) is 7.78. The van der Waals surface area contributed by atoms with Crippen LogP contribution in [0.4, 0.5) is 0 Å². The lowest BCUT2D eigenvalue weighted by Crippen LogP contribution is -2.61. The van der Waals surface area contributed by atoms with Crippen LogP contribution in [0, 0.1) is 13.8 Å². The maximum absolute atomic E-state index is 3.64. The fraction of sp³-hybridized carbons (Fsp3) is 0.750. The summed E-state index contributed by atoms with van der Waals surface area (Å²) in [5.41, 5.74) is 2.02. The van der Waals surface area contributed by atoms with Crippen LogP contribution in [0.15, 0.2) is 6.07 Å². The summed E-state index contributed by atoms with van der Waals surface area (Å²) in [5, 5.41) is 3.64. The maximum Gasteiger partial charge on any atom is 0.0338 e. The van der Waals surface area contributed by atoms with E-state index < -0.39 is 0 Å². The minimum absolute atomic E-state index is 0.457. The zero-order chi connectivity index (χ0) is 13.3. The molecule has 0 amide bonds. The lowest BCUT2D eigenvalue weighted by Gasteiger charge is -2.50. The molecule has 0 unspecified atom stereocenters. The Morgan fingerprint density at radius 3 is 2.74 bits per heavy atom. The molecule has 2 heterocycles. The Balaban J connectivity index is 1.78. The molecule has 0 atom stereocenters. The van der Waals surface area contributed by atoms with Crippen molar-refractivity contribution in [3.63, 3.8) is 0 Å². The van der Waals surface area contributed by atoms with Crippen LogP contribution in [-0.2, 0) is 6.54 Å². The summed E-state index contributed by atoms with van der Waals surface area (Å²) in [7, 11) is 0. The van der Waals surface area contributed by atoms with Gasteiger partial charge in [-0.05, 0) is 38.3 Å². The molecule has 106 valence electrons. The molecule has 1 aliphatic carbocycles. The molecule has 1 aliphatic heterocycles. The number of aryl methyl sites for hydroxylation is 2. The third kappa shape index (κ3) is 2.74. The van der Waals surface area contributed by atoms with E-state index in [2.05, 4.69) is 30.1 Å². The first-order valence-electron chi connectivity index (χ1n) is 7.71. The molecular formula is C16H26N2S. The Bertz CT molecular complexity index is 424. The van der Waals surface area contributed by atoms with E-state index in [1.54, 1.807) is 5.56 Å². The second-order valence-electron chi connectivity index (χ2n) is 6.32. The van der Waals surface area contributed by atoms with Crippen LogP contribution < -0.4 is 5.32 Å². The van der Waals surface area contributed by atoms with E-state index in [-0.39, 0.29) is 0 Å². The number of piperazine rings is 1. The average molecular weight is 278 g/mol. The summed E-state index contributed by atoms with van der Waals surface area (Å²) >= 11 is 1.95. The van der Waals surface area contributed by atoms with Crippen molar-refractivity contribution in [2.75, 3.05) is 19.6 Å². The first kappa shape index (κ1) is 13.6. The topological polar surface area (TPSA) is 15.3 Å². The molecular weight excluding hydrogens is 252 g/mol. The number of rotatable bonds is 2. The highest BCUT2D eigenvalue weighted by molar-refractivity contribution is 7.12. The van der Waals surface area contributed by atoms with E-state index in [0.717, 1.165) is 13.1 Å². The van der Waals surface area contributed by atoms with Crippen molar-refractivity contribution in [1.82, 2.24) is 10.2 Å². The Hall–Kier alpha value is -0.380. The quantitative estimate of drug-likeness (QED) is 0.891. The SMILES string of the molecule is Cc1cc(CN2CCNCC23CCCCC3)c(C)s1. The van der Waals surface area contributed by atoms with Crippen LogP contribution in [0.5, 0.6) is 0 Å². The van der Waals surface area contributed by atoms with Gasteiger partial charge in [-0.1, -0.05) is 19.3 Å². The Morgan fingerprint density at radius 1 is 1.26 bits per heavy atom. The molecule has 0 bridgehead atoms. The van der Waals surface area contributed by atoms with Crippen molar-refractivity contribution in [2.45, 2.75) is 58.0 Å². The number of hydrogen-bond acceptors (Lipinski definition) is 3. The fourth-order valence-electron chi connectivity index (χ4n) is 3.88. The van der Waals surface area contributed by atoms with E-state index in [1.165, 1.54) is 54.9 Å². The van der Waals surface area contributed by atoms with Crippen molar-refractivity contribution in [2.24, 2.45) is 0 Å². The maximum atomic E-state index is 3.64. The first-order valence-corrected chi connectivity index (χ1v) is 8.53. The Kier molecular flexibility index (Phi) is 3.97. The smallest absolute Gasteiger partial charge is 0.0338 e. The van der Waals surface area contributed by atoms with Gasteiger partial charge in [0.25, 0.3) is 0 Å². The lowest BCUT2D eigenvalue weighted by molar-refractivity contribution is 0.0208. The highest BCUT2D eigenvalue weighted by atomic mass is 32.1. The van der Waals surface area contributed by atoms with Gasteiger partial charge in [0, 0.05) is 41.5 Å². The molecule has 1 aromatic rings. The highest BCUT2D eigenvalue weighted by Crippen LogP contribution is 2.36. The molecule has 1 saturated carbocycles. The number of hydrogen-bond donors (Lipinski definition) is 1. The van der Waals surface area contributed by atoms with Crippen LogP contribution in [0.25, 0.3) is 0 Å². The van der Waals surface area contributed by atoms with E-state index in [1.807, 2.05) is 11.3 Å². The van der Waals surface area contributed by atoms with Gasteiger partial charge in [-0.25, -0.2) is 0 Å². The van der Waals surface area contributed by atoms with Crippen molar-refractivity contribution < 1.29 is 0 Å². The summed E-state index contributed by atoms with van der Waals surface area (Å²) in [4.78, 5) is 5.76. The van der Waals surface area contributed by atoms with Crippen molar-refractivity contribution in [3.05, 3.63) is 21.4 Å². The highest BCUT2D eigenvalue weighted by Gasteiger charge is 2.39. The van der Waals surface area contributed by atoms with Crippen molar-refractivity contribution in [3.8, 4) is 0 Å². The molecule has 2 fully saturated rings. The summed E-state index contributed by atoms with van der Waals surface area (Å²) < 4.78 is 0. The van der Waals surface area contributed by atoms with Crippen LogP contribution >= 0.6 is 11.3 Å². The molecule has 1 N–H and O–H groups in total. The summed E-state index contributed by atoms with van der Waals surface area (Å²) in [6, 6.07) is 2.40. The zero-order valence-electron chi connectivity index (χ0n) is 12.3. The predicted molar refractivity (Wildman–Crippen MR) is 82.9 cm³/mol. The largest absolute Gasteiger partial charge is 0.314 e. The monoisotopic (exact) mass is 278 g/mol. The van der Waals surface area contributed by atoms with Gasteiger partial charge < -0.3 is 5.32 Å². The minimum atomic E-state index is 0.457. The average Bonchev–Trinajstić information content (AvgIpc) is 2.72. The first-order chi connectivity index (χ1) is 9.20. The number of thiophene rings is 1. The summed E-state index contributed by atoms with van der Waals surface area (Å²) in [6.45, 7) is 9.25. The van der Waals surface area contributed by atoms with Gasteiger partial charge in [-0.3, -0.25) is 4.90 Å². The third-order valence-electron chi connectivity index (χ3n) is 4.97. The molecule has 1 spiro atoms. The van der Waals surface area contributed by atoms with Gasteiger partial charge in [0.2, 0.25) is 0 Å². The van der Waals surface area contributed by atoms with Crippen LogP contribution in [0.1, 0.15) is 47.4 Å². The van der Waals surface area contributed by atoms with Gasteiger partial charge in [-0.15, -0.1) is 11.3 Å². The molecule has 1 saturated heterocycles. The van der Waals surface area contributed by atoms with Crippen LogP contribution in [0.2, 0.25) is 0 Å². The Morgan fingerprint density at radius 2 is 2.05 bits per heavy atom. The number of nitrogens with zero attached hydrogens (tertiary/aromatic N) is 1. The zero-order valence-corrected chi connectivity index (χ0v) is 13.1. The second kappa shape index (κ2) is 5.55. The van der Waals surface area contributed by atoms with Gasteiger partial charge >= 0.3 is 0 Å². The molecule has 0 radical (unpaired) electrons. The van der Waals surface area contributed by atoms with E-state index in [0.29, 0.717) is 5.54 Å². The Labute approximate surface area is 121 Å². The molecule has 2 nitrogen and oxygen atoms in total. The summed E-state index contributed by atoms with van der Waals surface area (Å²) in [5.74, 6) is 0. The van der Waals surface area contributed by atoms with Gasteiger partial charge in [0.1, 0.15) is 0 Å². The van der Waals surface area contributed by atoms with E-state index in [4.69, 9.17) is 0 Å². The third-order valence-corrected chi connectivity index (χ3v) is 5.98. The van der Waals surface area contributed by atoms with E-state index in [9.17, 15) is 0 Å².